The highest BCUT2D eigenvalue weighted by molar-refractivity contribution is 6.08. The lowest BCUT2D eigenvalue weighted by molar-refractivity contribution is -0.146. The van der Waals surface area contributed by atoms with Crippen molar-refractivity contribution >= 4 is 23.6 Å². The fourth-order valence-corrected chi connectivity index (χ4v) is 6.57. The summed E-state index contributed by atoms with van der Waals surface area (Å²) >= 11 is 0. The third kappa shape index (κ3) is 1.59. The SMILES string of the molecule is O=C1[C@@H]2[C@H](C(=O)N1CCN1C(=O)[C@@H]3[C@H](C1=O)[C@H]1C=C[C@H]3C1)[C@H]1C=C[C@H]2C1. The quantitative estimate of drug-likeness (QED) is 0.551. The van der Waals surface area contributed by atoms with Gasteiger partial charge in [-0.05, 0) is 36.5 Å². The molecular formula is C20H20N2O4. The number of allylic oxidation sites excluding steroid dienone is 4. The van der Waals surface area contributed by atoms with Crippen LogP contribution in [0, 0.1) is 47.3 Å². The molecule has 134 valence electrons. The van der Waals surface area contributed by atoms with Crippen LogP contribution in [0.4, 0.5) is 0 Å². The van der Waals surface area contributed by atoms with E-state index >= 15 is 0 Å². The maximum atomic E-state index is 12.7. The molecule has 4 amide bonds. The normalized spacial score (nSPS) is 47.1. The molecule has 4 fully saturated rings. The molecule has 4 aliphatic carbocycles. The lowest BCUT2D eigenvalue weighted by atomic mass is 9.85. The highest BCUT2D eigenvalue weighted by Gasteiger charge is 2.61. The van der Waals surface area contributed by atoms with E-state index in [-0.39, 0.29) is 84.1 Å². The zero-order valence-corrected chi connectivity index (χ0v) is 14.3. The fourth-order valence-electron chi connectivity index (χ4n) is 6.57. The van der Waals surface area contributed by atoms with Gasteiger partial charge >= 0.3 is 0 Å². The summed E-state index contributed by atoms with van der Waals surface area (Å²) in [6.45, 7) is 0.285. The molecule has 6 heteroatoms. The number of likely N-dealkylation sites (tertiary alicyclic amines) is 2. The van der Waals surface area contributed by atoms with Gasteiger partial charge in [0.1, 0.15) is 0 Å². The molecule has 6 nitrogen and oxygen atoms in total. The van der Waals surface area contributed by atoms with E-state index in [9.17, 15) is 19.2 Å². The van der Waals surface area contributed by atoms with Gasteiger partial charge in [-0.3, -0.25) is 29.0 Å². The van der Waals surface area contributed by atoms with Gasteiger partial charge in [0.25, 0.3) is 0 Å². The summed E-state index contributed by atoms with van der Waals surface area (Å²) in [6, 6.07) is 0. The summed E-state index contributed by atoms with van der Waals surface area (Å²) in [7, 11) is 0. The topological polar surface area (TPSA) is 74.8 Å². The number of nitrogens with zero attached hydrogens (tertiary/aromatic N) is 2. The van der Waals surface area contributed by atoms with Gasteiger partial charge in [-0.25, -0.2) is 0 Å². The molecule has 4 bridgehead atoms. The molecule has 0 unspecified atom stereocenters. The molecule has 2 heterocycles. The summed E-state index contributed by atoms with van der Waals surface area (Å²) < 4.78 is 0. The molecule has 2 saturated carbocycles. The Kier molecular flexibility index (Phi) is 2.70. The first kappa shape index (κ1) is 14.9. The van der Waals surface area contributed by atoms with E-state index in [4.69, 9.17) is 0 Å². The number of hydrogen-bond acceptors (Lipinski definition) is 4. The maximum Gasteiger partial charge on any atom is 0.233 e. The Morgan fingerprint density at radius 3 is 1.12 bits per heavy atom. The summed E-state index contributed by atoms with van der Waals surface area (Å²) in [5.74, 6) is -0.602. The van der Waals surface area contributed by atoms with Crippen molar-refractivity contribution < 1.29 is 19.2 Å². The predicted octanol–water partition coefficient (Wildman–Crippen LogP) is 0.601. The minimum atomic E-state index is -0.220. The zero-order valence-electron chi connectivity index (χ0n) is 14.3. The average Bonchev–Trinajstić information content (AvgIpc) is 3.43. The summed E-state index contributed by atoms with van der Waals surface area (Å²) in [5, 5.41) is 0. The number of carbonyl (C=O) groups excluding carboxylic acids is 4. The second-order valence-corrected chi connectivity index (χ2v) is 8.66. The van der Waals surface area contributed by atoms with Gasteiger partial charge in [-0.1, -0.05) is 24.3 Å². The van der Waals surface area contributed by atoms with Crippen molar-refractivity contribution in [3.05, 3.63) is 24.3 Å². The summed E-state index contributed by atoms with van der Waals surface area (Å²) in [4.78, 5) is 53.6. The molecule has 6 aliphatic rings. The van der Waals surface area contributed by atoms with E-state index in [2.05, 4.69) is 24.3 Å². The number of imide groups is 2. The standard InChI is InChI=1S/C20H20N2O4/c23-17-13-9-1-2-10(7-9)14(13)18(24)21(17)5-6-22-19(25)15-11-3-4-12(8-11)16(15)20(22)26/h1-4,9-16H,5-8H2/t9-,10-,11-,12-,13-,14+,15-,16+/m0/s1. The van der Waals surface area contributed by atoms with Gasteiger partial charge in [-0.2, -0.15) is 0 Å². The van der Waals surface area contributed by atoms with Crippen LogP contribution in [0.15, 0.2) is 24.3 Å². The summed E-state index contributed by atoms with van der Waals surface area (Å²) in [6.07, 6.45) is 10.1. The molecule has 0 spiro atoms. The third-order valence-electron chi connectivity index (χ3n) is 7.67. The van der Waals surface area contributed by atoms with Crippen LogP contribution in [-0.4, -0.2) is 46.5 Å². The number of rotatable bonds is 3. The Labute approximate surface area is 150 Å². The Morgan fingerprint density at radius 1 is 0.577 bits per heavy atom. The minimum Gasteiger partial charge on any atom is -0.280 e. The average molecular weight is 352 g/mol. The lowest BCUT2D eigenvalue weighted by Gasteiger charge is -2.22. The molecule has 0 N–H and O–H groups in total. The first-order valence-corrected chi connectivity index (χ1v) is 9.63. The van der Waals surface area contributed by atoms with Crippen LogP contribution < -0.4 is 0 Å². The largest absolute Gasteiger partial charge is 0.280 e. The van der Waals surface area contributed by atoms with Crippen LogP contribution in [0.25, 0.3) is 0 Å². The Morgan fingerprint density at radius 2 is 0.846 bits per heavy atom. The molecule has 0 aromatic carbocycles. The van der Waals surface area contributed by atoms with Crippen LogP contribution in [-0.2, 0) is 19.2 Å². The smallest absolute Gasteiger partial charge is 0.233 e. The Bertz CT molecular complexity index is 702. The second-order valence-electron chi connectivity index (χ2n) is 8.66. The van der Waals surface area contributed by atoms with Crippen molar-refractivity contribution in [3.8, 4) is 0 Å². The van der Waals surface area contributed by atoms with E-state index in [0.29, 0.717) is 0 Å². The van der Waals surface area contributed by atoms with Crippen molar-refractivity contribution in [1.82, 2.24) is 9.80 Å². The second kappa shape index (κ2) is 4.72. The van der Waals surface area contributed by atoms with Crippen LogP contribution in [0.1, 0.15) is 12.8 Å². The number of amides is 4. The molecule has 26 heavy (non-hydrogen) atoms. The van der Waals surface area contributed by atoms with Gasteiger partial charge in [0.2, 0.25) is 23.6 Å². The molecule has 2 aliphatic heterocycles. The van der Waals surface area contributed by atoms with Gasteiger partial charge in [0.05, 0.1) is 23.7 Å². The van der Waals surface area contributed by atoms with Gasteiger partial charge in [-0.15, -0.1) is 0 Å². The Hall–Kier alpha value is -2.24. The van der Waals surface area contributed by atoms with E-state index in [1.165, 1.54) is 9.80 Å². The van der Waals surface area contributed by atoms with Crippen molar-refractivity contribution in [2.24, 2.45) is 47.3 Å². The predicted molar refractivity (Wildman–Crippen MR) is 88.9 cm³/mol. The molecule has 6 rings (SSSR count). The number of hydrogen-bond donors (Lipinski definition) is 0. The maximum absolute atomic E-state index is 12.7. The van der Waals surface area contributed by atoms with Crippen molar-refractivity contribution in [3.63, 3.8) is 0 Å². The first-order valence-electron chi connectivity index (χ1n) is 9.63. The summed E-state index contributed by atoms with van der Waals surface area (Å²) in [5.41, 5.74) is 0. The molecule has 2 saturated heterocycles. The van der Waals surface area contributed by atoms with Crippen molar-refractivity contribution in [2.45, 2.75) is 12.8 Å². The highest BCUT2D eigenvalue weighted by Crippen LogP contribution is 2.53. The molecule has 0 aromatic heterocycles. The lowest BCUT2D eigenvalue weighted by Crippen LogP contribution is -2.42. The molecular weight excluding hydrogens is 332 g/mol. The van der Waals surface area contributed by atoms with Gasteiger partial charge in [0.15, 0.2) is 0 Å². The zero-order chi connectivity index (χ0) is 17.7. The minimum absolute atomic E-state index is 0.113. The highest BCUT2D eigenvalue weighted by atomic mass is 16.2. The Balaban J connectivity index is 1.19. The van der Waals surface area contributed by atoms with Gasteiger partial charge < -0.3 is 0 Å². The number of fused-ring (bicyclic) bond motifs is 10. The monoisotopic (exact) mass is 352 g/mol. The van der Waals surface area contributed by atoms with Crippen LogP contribution >= 0.6 is 0 Å². The van der Waals surface area contributed by atoms with E-state index in [1.54, 1.807) is 0 Å². The van der Waals surface area contributed by atoms with Crippen molar-refractivity contribution in [1.29, 1.82) is 0 Å². The fraction of sp³-hybridized carbons (Fsp3) is 0.600. The van der Waals surface area contributed by atoms with E-state index in [0.717, 1.165) is 12.8 Å². The van der Waals surface area contributed by atoms with Gasteiger partial charge in [0, 0.05) is 13.1 Å². The van der Waals surface area contributed by atoms with Crippen LogP contribution in [0.5, 0.6) is 0 Å². The molecule has 0 aromatic rings. The first-order chi connectivity index (χ1) is 12.6. The van der Waals surface area contributed by atoms with Crippen molar-refractivity contribution in [2.75, 3.05) is 13.1 Å². The molecule has 8 atom stereocenters. The molecule has 0 radical (unpaired) electrons. The van der Waals surface area contributed by atoms with E-state index < -0.39 is 0 Å². The third-order valence-corrected chi connectivity index (χ3v) is 7.67. The van der Waals surface area contributed by atoms with Crippen LogP contribution in [0.2, 0.25) is 0 Å². The van der Waals surface area contributed by atoms with E-state index in [1.807, 2.05) is 0 Å². The number of carbonyl (C=O) groups is 4. The van der Waals surface area contributed by atoms with Crippen LogP contribution in [0.3, 0.4) is 0 Å².